The second kappa shape index (κ2) is 10.8. The quantitative estimate of drug-likeness (QED) is 0.267. The first kappa shape index (κ1) is 24.0. The van der Waals surface area contributed by atoms with Crippen LogP contribution in [-0.2, 0) is 11.3 Å². The number of furan rings is 1. The molecule has 3 aromatic rings. The molecule has 9 nitrogen and oxygen atoms in total. The minimum atomic E-state index is -0.254. The monoisotopic (exact) mass is 493 g/mol. The largest absolute Gasteiger partial charge is 0.504 e. The van der Waals surface area contributed by atoms with Crippen LogP contribution in [0, 0.1) is 0 Å². The van der Waals surface area contributed by atoms with E-state index in [0.29, 0.717) is 45.1 Å². The molecule has 0 radical (unpaired) electrons. The van der Waals surface area contributed by atoms with Crippen molar-refractivity contribution in [2.75, 3.05) is 13.7 Å². The lowest BCUT2D eigenvalue weighted by atomic mass is 10.2. The Labute approximate surface area is 206 Å². The van der Waals surface area contributed by atoms with Crippen LogP contribution < -0.4 is 9.47 Å². The molecule has 35 heavy (non-hydrogen) atoms. The summed E-state index contributed by atoms with van der Waals surface area (Å²) in [7, 11) is 1.46. The third-order valence-corrected chi connectivity index (χ3v) is 5.91. The van der Waals surface area contributed by atoms with E-state index < -0.39 is 0 Å². The van der Waals surface area contributed by atoms with Crippen LogP contribution >= 0.6 is 11.8 Å². The maximum Gasteiger partial charge on any atom is 0.267 e. The number of amidine groups is 1. The van der Waals surface area contributed by atoms with Crippen LogP contribution in [0.1, 0.15) is 23.8 Å². The van der Waals surface area contributed by atoms with Crippen molar-refractivity contribution in [2.45, 2.75) is 13.5 Å². The van der Waals surface area contributed by atoms with Gasteiger partial charge in [-0.15, -0.1) is 5.10 Å². The highest BCUT2D eigenvalue weighted by Crippen LogP contribution is 2.35. The fraction of sp³-hybridized carbons (Fsp3) is 0.160. The normalized spacial score (nSPS) is 16.1. The van der Waals surface area contributed by atoms with Gasteiger partial charge in [-0.05, 0) is 78.4 Å². The van der Waals surface area contributed by atoms with E-state index in [0.717, 1.165) is 0 Å². The van der Waals surface area contributed by atoms with Gasteiger partial charge in [-0.1, -0.05) is 6.07 Å². The summed E-state index contributed by atoms with van der Waals surface area (Å²) in [6, 6.07) is 13.2. The van der Waals surface area contributed by atoms with Gasteiger partial charge in [0.25, 0.3) is 5.91 Å². The van der Waals surface area contributed by atoms with Crippen molar-refractivity contribution in [3.8, 4) is 23.0 Å². The Kier molecular flexibility index (Phi) is 7.41. The molecule has 1 aliphatic rings. The molecule has 2 heterocycles. The maximum atomic E-state index is 13.2. The van der Waals surface area contributed by atoms with Gasteiger partial charge in [0.2, 0.25) is 0 Å². The summed E-state index contributed by atoms with van der Waals surface area (Å²) < 4.78 is 16.0. The zero-order chi connectivity index (χ0) is 24.8. The van der Waals surface area contributed by atoms with Crippen LogP contribution in [0.5, 0.6) is 23.0 Å². The average Bonchev–Trinajstić information content (AvgIpc) is 3.47. The average molecular weight is 494 g/mol. The molecule has 1 fully saturated rings. The Morgan fingerprint density at radius 3 is 2.54 bits per heavy atom. The number of amides is 1. The van der Waals surface area contributed by atoms with Gasteiger partial charge in [0, 0.05) is 0 Å². The molecular formula is C25H23N3O6S. The van der Waals surface area contributed by atoms with Crippen molar-refractivity contribution in [3.63, 3.8) is 0 Å². The smallest absolute Gasteiger partial charge is 0.267 e. The van der Waals surface area contributed by atoms with Gasteiger partial charge in [0.15, 0.2) is 28.2 Å². The Hall–Kier alpha value is -4.18. The van der Waals surface area contributed by atoms with Gasteiger partial charge in [0.1, 0.15) is 5.76 Å². The van der Waals surface area contributed by atoms with E-state index in [4.69, 9.17) is 13.9 Å². The highest BCUT2D eigenvalue weighted by atomic mass is 32.2. The first-order valence-corrected chi connectivity index (χ1v) is 11.5. The van der Waals surface area contributed by atoms with Crippen LogP contribution in [-0.4, -0.2) is 46.1 Å². The lowest BCUT2D eigenvalue weighted by Gasteiger charge is -2.12. The summed E-state index contributed by atoms with van der Waals surface area (Å²) in [5.41, 5.74) is 1.36. The van der Waals surface area contributed by atoms with Gasteiger partial charge in [0.05, 0.1) is 37.6 Å². The topological polar surface area (TPSA) is 117 Å². The standard InChI is InChI=1S/C25H23N3O6S/c1-3-33-22-12-17(7-9-20(22)30)14-26-27-25-28(15-18-5-4-10-34-18)24(31)23(35-25)13-16-6-8-19(29)21(11-16)32-2/h4-14,29-30H,3,15H2,1-2H3/b23-13-,26-14+,27-25-. The van der Waals surface area contributed by atoms with Crippen LogP contribution in [0.15, 0.2) is 74.3 Å². The van der Waals surface area contributed by atoms with Gasteiger partial charge >= 0.3 is 0 Å². The van der Waals surface area contributed by atoms with E-state index in [1.165, 1.54) is 48.4 Å². The summed E-state index contributed by atoms with van der Waals surface area (Å²) in [5.74, 6) is 1.05. The number of carbonyl (C=O) groups excluding carboxylic acids is 1. The Balaban J connectivity index is 1.62. The minimum Gasteiger partial charge on any atom is -0.504 e. The Morgan fingerprint density at radius 2 is 1.83 bits per heavy atom. The molecule has 2 N–H and O–H groups in total. The van der Waals surface area contributed by atoms with E-state index in [2.05, 4.69) is 10.2 Å². The molecule has 0 bridgehead atoms. The number of thioether (sulfide) groups is 1. The van der Waals surface area contributed by atoms with Crippen LogP contribution in [0.3, 0.4) is 0 Å². The summed E-state index contributed by atoms with van der Waals surface area (Å²) in [6.07, 6.45) is 4.75. The lowest BCUT2D eigenvalue weighted by Crippen LogP contribution is -2.28. The molecule has 1 aromatic heterocycles. The number of benzene rings is 2. The molecule has 180 valence electrons. The van der Waals surface area contributed by atoms with E-state index in [9.17, 15) is 15.0 Å². The van der Waals surface area contributed by atoms with E-state index in [1.54, 1.807) is 42.5 Å². The van der Waals surface area contributed by atoms with Gasteiger partial charge in [-0.25, -0.2) is 0 Å². The van der Waals surface area contributed by atoms with Crippen LogP contribution in [0.25, 0.3) is 6.08 Å². The van der Waals surface area contributed by atoms with E-state index in [-0.39, 0.29) is 24.0 Å². The highest BCUT2D eigenvalue weighted by molar-refractivity contribution is 8.18. The fourth-order valence-corrected chi connectivity index (χ4v) is 4.18. The zero-order valence-electron chi connectivity index (χ0n) is 19.0. The molecule has 0 atom stereocenters. The molecule has 0 saturated carbocycles. The minimum absolute atomic E-state index is 0.0119. The lowest BCUT2D eigenvalue weighted by molar-refractivity contribution is -0.122. The molecule has 1 amide bonds. The second-order valence-electron chi connectivity index (χ2n) is 7.30. The number of methoxy groups -OCH3 is 1. The highest BCUT2D eigenvalue weighted by Gasteiger charge is 2.34. The molecular weight excluding hydrogens is 470 g/mol. The van der Waals surface area contributed by atoms with Crippen molar-refractivity contribution in [2.24, 2.45) is 10.2 Å². The molecule has 4 rings (SSSR count). The number of hydrogen-bond acceptors (Lipinski definition) is 9. The first-order valence-electron chi connectivity index (χ1n) is 10.7. The number of phenolic OH excluding ortho intramolecular Hbond substituents is 2. The molecule has 1 aliphatic heterocycles. The van der Waals surface area contributed by atoms with Crippen molar-refractivity contribution in [1.29, 1.82) is 0 Å². The van der Waals surface area contributed by atoms with Gasteiger partial charge in [-0.2, -0.15) is 5.10 Å². The summed E-state index contributed by atoms with van der Waals surface area (Å²) in [6.45, 7) is 2.43. The number of hydrogen-bond donors (Lipinski definition) is 2. The second-order valence-corrected chi connectivity index (χ2v) is 8.31. The fourth-order valence-electron chi connectivity index (χ4n) is 3.24. The predicted octanol–water partition coefficient (Wildman–Crippen LogP) is 4.60. The SMILES string of the molecule is CCOc1cc(/C=N/N=C2\S/C(=C\c3ccc(O)c(OC)c3)C(=O)N2Cc2ccco2)ccc1O. The van der Waals surface area contributed by atoms with E-state index in [1.807, 2.05) is 6.92 Å². The number of rotatable bonds is 8. The molecule has 0 spiro atoms. The summed E-state index contributed by atoms with van der Waals surface area (Å²) in [4.78, 5) is 15.1. The zero-order valence-corrected chi connectivity index (χ0v) is 19.9. The van der Waals surface area contributed by atoms with E-state index >= 15 is 0 Å². The molecule has 0 unspecified atom stereocenters. The van der Waals surface area contributed by atoms with Crippen molar-refractivity contribution < 1.29 is 28.9 Å². The van der Waals surface area contributed by atoms with Crippen LogP contribution in [0.4, 0.5) is 0 Å². The van der Waals surface area contributed by atoms with Gasteiger partial charge < -0.3 is 24.1 Å². The summed E-state index contributed by atoms with van der Waals surface area (Å²) >= 11 is 1.17. The first-order chi connectivity index (χ1) is 17.0. The third-order valence-electron chi connectivity index (χ3n) is 4.92. The molecule has 1 saturated heterocycles. The third kappa shape index (κ3) is 5.67. The predicted molar refractivity (Wildman–Crippen MR) is 134 cm³/mol. The molecule has 0 aliphatic carbocycles. The number of ether oxygens (including phenoxy) is 2. The Bertz CT molecular complexity index is 1300. The van der Waals surface area contributed by atoms with Gasteiger partial charge in [-0.3, -0.25) is 9.69 Å². The van der Waals surface area contributed by atoms with Crippen LogP contribution in [0.2, 0.25) is 0 Å². The number of carbonyl (C=O) groups is 1. The van der Waals surface area contributed by atoms with Crippen molar-refractivity contribution in [3.05, 3.63) is 76.6 Å². The maximum absolute atomic E-state index is 13.2. The molecule has 2 aromatic carbocycles. The molecule has 10 heteroatoms. The number of phenols is 2. The van der Waals surface area contributed by atoms with Crippen molar-refractivity contribution >= 4 is 35.1 Å². The van der Waals surface area contributed by atoms with Crippen molar-refractivity contribution in [1.82, 2.24) is 4.90 Å². The number of aromatic hydroxyl groups is 2. The number of nitrogens with zero attached hydrogens (tertiary/aromatic N) is 3. The Morgan fingerprint density at radius 1 is 1.09 bits per heavy atom. The summed E-state index contributed by atoms with van der Waals surface area (Å²) in [5, 5.41) is 28.5.